The van der Waals surface area contributed by atoms with Gasteiger partial charge in [0.05, 0.1) is 16.8 Å². The maximum atomic E-state index is 6.51. The van der Waals surface area contributed by atoms with E-state index in [-0.39, 0.29) is 0 Å². The van der Waals surface area contributed by atoms with E-state index in [1.807, 2.05) is 36.4 Å². The van der Waals surface area contributed by atoms with E-state index in [0.717, 1.165) is 61.8 Å². The molecular weight excluding hydrogens is 681 g/mol. The molecule has 56 heavy (non-hydrogen) atoms. The third-order valence-electron chi connectivity index (χ3n) is 10.9. The fourth-order valence-electron chi connectivity index (χ4n) is 8.17. The van der Waals surface area contributed by atoms with Crippen LogP contribution < -0.4 is 4.74 Å². The van der Waals surface area contributed by atoms with Crippen LogP contribution in [0.4, 0.5) is 0 Å². The molecule has 1 aliphatic rings. The average Bonchev–Trinajstić information content (AvgIpc) is 3.29. The molecule has 0 fully saturated rings. The van der Waals surface area contributed by atoms with E-state index in [1.54, 1.807) is 0 Å². The van der Waals surface area contributed by atoms with E-state index in [2.05, 4.69) is 182 Å². The Kier molecular flexibility index (Phi) is 8.38. The first-order valence-electron chi connectivity index (χ1n) is 19.0. The molecule has 0 saturated heterocycles. The van der Waals surface area contributed by atoms with E-state index in [9.17, 15) is 0 Å². The van der Waals surface area contributed by atoms with Gasteiger partial charge in [0.15, 0.2) is 5.82 Å². The van der Waals surface area contributed by atoms with Crippen molar-refractivity contribution >= 4 is 0 Å². The summed E-state index contributed by atoms with van der Waals surface area (Å²) in [4.78, 5) is 10.2. The second kappa shape index (κ2) is 14.1. The van der Waals surface area contributed by atoms with Gasteiger partial charge >= 0.3 is 0 Å². The van der Waals surface area contributed by atoms with E-state index >= 15 is 0 Å². The van der Waals surface area contributed by atoms with Crippen LogP contribution in [0.3, 0.4) is 0 Å². The van der Waals surface area contributed by atoms with E-state index in [1.165, 1.54) is 22.3 Å². The Morgan fingerprint density at radius 3 is 1.38 bits per heavy atom. The molecule has 2 heterocycles. The number of nitrogens with zero attached hydrogens (tertiary/aromatic N) is 2. The summed E-state index contributed by atoms with van der Waals surface area (Å²) in [6.45, 7) is 0. The molecular formula is C53H36N2O. The maximum Gasteiger partial charge on any atom is 0.160 e. The van der Waals surface area contributed by atoms with Crippen LogP contribution in [0.2, 0.25) is 0 Å². The van der Waals surface area contributed by atoms with Gasteiger partial charge in [0, 0.05) is 27.8 Å². The van der Waals surface area contributed by atoms with Crippen molar-refractivity contribution in [2.45, 2.75) is 5.41 Å². The Morgan fingerprint density at radius 1 is 0.304 bits per heavy atom. The predicted molar refractivity (Wildman–Crippen MR) is 228 cm³/mol. The zero-order valence-electron chi connectivity index (χ0n) is 30.6. The molecule has 0 aliphatic carbocycles. The molecule has 8 aromatic carbocycles. The zero-order valence-corrected chi connectivity index (χ0v) is 30.6. The molecule has 0 bridgehead atoms. The summed E-state index contributed by atoms with van der Waals surface area (Å²) >= 11 is 0. The van der Waals surface area contributed by atoms with Crippen LogP contribution in [0, 0.1) is 0 Å². The summed E-state index contributed by atoms with van der Waals surface area (Å²) in [5, 5.41) is 0. The van der Waals surface area contributed by atoms with Crippen LogP contribution >= 0.6 is 0 Å². The zero-order chi connectivity index (χ0) is 37.3. The lowest BCUT2D eigenvalue weighted by Crippen LogP contribution is -2.34. The molecule has 0 saturated carbocycles. The van der Waals surface area contributed by atoms with E-state index in [0.29, 0.717) is 5.82 Å². The summed E-state index contributed by atoms with van der Waals surface area (Å²) in [5.74, 6) is 2.44. The molecule has 3 nitrogen and oxygen atoms in total. The largest absolute Gasteiger partial charge is 0.457 e. The molecule has 3 heteroatoms. The smallest absolute Gasteiger partial charge is 0.160 e. The van der Waals surface area contributed by atoms with Gasteiger partial charge in [-0.15, -0.1) is 0 Å². The molecule has 0 amide bonds. The van der Waals surface area contributed by atoms with Crippen molar-refractivity contribution < 1.29 is 4.74 Å². The van der Waals surface area contributed by atoms with Gasteiger partial charge in [-0.2, -0.15) is 0 Å². The predicted octanol–water partition coefficient (Wildman–Crippen LogP) is 13.3. The lowest BCUT2D eigenvalue weighted by Gasteiger charge is -2.41. The highest BCUT2D eigenvalue weighted by molar-refractivity contribution is 5.78. The third kappa shape index (κ3) is 5.87. The lowest BCUT2D eigenvalue weighted by atomic mass is 9.63. The Bertz CT molecular complexity index is 2750. The minimum Gasteiger partial charge on any atom is -0.457 e. The number of aromatic nitrogens is 2. The van der Waals surface area contributed by atoms with Crippen molar-refractivity contribution in [3.63, 3.8) is 0 Å². The summed E-state index contributed by atoms with van der Waals surface area (Å²) in [6, 6.07) is 76.8. The highest BCUT2D eigenvalue weighted by atomic mass is 16.5. The number of rotatable bonds is 7. The van der Waals surface area contributed by atoms with Crippen LogP contribution in [-0.4, -0.2) is 9.97 Å². The second-order valence-electron chi connectivity index (χ2n) is 14.1. The highest BCUT2D eigenvalue weighted by Gasteiger charge is 2.45. The first-order valence-corrected chi connectivity index (χ1v) is 19.0. The van der Waals surface area contributed by atoms with Gasteiger partial charge in [0.1, 0.15) is 11.5 Å². The fraction of sp³-hybridized carbons (Fsp3) is 0.0189. The molecule has 0 N–H and O–H groups in total. The first kappa shape index (κ1) is 33.2. The van der Waals surface area contributed by atoms with Crippen LogP contribution in [0.25, 0.3) is 56.2 Å². The van der Waals surface area contributed by atoms with E-state index in [4.69, 9.17) is 14.7 Å². The van der Waals surface area contributed by atoms with Crippen LogP contribution in [-0.2, 0) is 5.41 Å². The van der Waals surface area contributed by atoms with Crippen molar-refractivity contribution in [2.24, 2.45) is 0 Å². The fourth-order valence-corrected chi connectivity index (χ4v) is 8.17. The maximum absolute atomic E-state index is 6.51. The Balaban J connectivity index is 1.06. The SMILES string of the molecule is c1ccc(-c2ccc(-c3cc(-c4cccc(-c5ccc(C6(c7ccccc7)c7ccccc7Oc7ccccc76)cc5)c4)nc(-c4ccccc4)n3)cc2)cc1. The molecule has 9 aromatic rings. The number of fused-ring (bicyclic) bond motifs is 2. The number of para-hydroxylation sites is 2. The van der Waals surface area contributed by atoms with Gasteiger partial charge in [0.2, 0.25) is 0 Å². The molecule has 0 unspecified atom stereocenters. The van der Waals surface area contributed by atoms with Gasteiger partial charge < -0.3 is 4.74 Å². The lowest BCUT2D eigenvalue weighted by molar-refractivity contribution is 0.434. The van der Waals surface area contributed by atoms with Crippen molar-refractivity contribution in [1.82, 2.24) is 9.97 Å². The van der Waals surface area contributed by atoms with Crippen molar-refractivity contribution in [2.75, 3.05) is 0 Å². The first-order chi connectivity index (χ1) is 27.7. The number of benzene rings is 8. The molecule has 1 aliphatic heterocycles. The van der Waals surface area contributed by atoms with Crippen molar-refractivity contribution in [3.05, 3.63) is 241 Å². The van der Waals surface area contributed by atoms with Crippen LogP contribution in [0.15, 0.2) is 218 Å². The topological polar surface area (TPSA) is 35.0 Å². The number of ether oxygens (including phenoxy) is 1. The Morgan fingerprint density at radius 2 is 0.732 bits per heavy atom. The minimum absolute atomic E-state index is 0.558. The average molecular weight is 717 g/mol. The third-order valence-corrected chi connectivity index (χ3v) is 10.9. The second-order valence-corrected chi connectivity index (χ2v) is 14.1. The molecule has 264 valence electrons. The highest BCUT2D eigenvalue weighted by Crippen LogP contribution is 2.55. The molecule has 10 rings (SSSR count). The Labute approximate surface area is 327 Å². The van der Waals surface area contributed by atoms with Gasteiger partial charge in [-0.1, -0.05) is 194 Å². The van der Waals surface area contributed by atoms with Gasteiger partial charge in [0.25, 0.3) is 0 Å². The monoisotopic (exact) mass is 716 g/mol. The number of hydrogen-bond acceptors (Lipinski definition) is 3. The van der Waals surface area contributed by atoms with Crippen molar-refractivity contribution in [3.8, 4) is 67.7 Å². The standard InChI is InChI=1S/C53H36N2O/c1-4-15-37(16-5-1)38-27-29-40(30-28-38)48-36-49(55-52(54-48)41-17-6-2-7-18-41)43-20-14-19-42(35-43)39-31-33-45(34-32-39)53(44-21-8-3-9-22-44)46-23-10-12-25-50(46)56-51-26-13-11-24-47(51)53/h1-36H. The Hall–Kier alpha value is -7.36. The van der Waals surface area contributed by atoms with Crippen LogP contribution in [0.5, 0.6) is 11.5 Å². The quantitative estimate of drug-likeness (QED) is 0.165. The van der Waals surface area contributed by atoms with Gasteiger partial charge in [-0.3, -0.25) is 0 Å². The molecule has 0 radical (unpaired) electrons. The summed E-state index contributed by atoms with van der Waals surface area (Å²) in [6.07, 6.45) is 0. The summed E-state index contributed by atoms with van der Waals surface area (Å²) in [7, 11) is 0. The summed E-state index contributed by atoms with van der Waals surface area (Å²) in [5.41, 5.74) is 13.5. The van der Waals surface area contributed by atoms with E-state index < -0.39 is 5.41 Å². The van der Waals surface area contributed by atoms with Crippen molar-refractivity contribution in [1.29, 1.82) is 0 Å². The van der Waals surface area contributed by atoms with Gasteiger partial charge in [-0.25, -0.2) is 9.97 Å². The molecule has 0 spiro atoms. The molecule has 1 aromatic heterocycles. The number of hydrogen-bond donors (Lipinski definition) is 0. The van der Waals surface area contributed by atoms with Crippen LogP contribution in [0.1, 0.15) is 22.3 Å². The minimum atomic E-state index is -0.558. The van der Waals surface area contributed by atoms with Gasteiger partial charge in [-0.05, 0) is 57.6 Å². The normalized spacial score (nSPS) is 12.6. The molecule has 0 atom stereocenters. The summed E-state index contributed by atoms with van der Waals surface area (Å²) < 4.78 is 6.51.